The molecular weight excluding hydrogens is 176 g/mol. The van der Waals surface area contributed by atoms with Gasteiger partial charge < -0.3 is 5.11 Å². The molecule has 0 amide bonds. The van der Waals surface area contributed by atoms with E-state index in [9.17, 15) is 0 Å². The summed E-state index contributed by atoms with van der Waals surface area (Å²) in [6.07, 6.45) is 6.41. The third kappa shape index (κ3) is 2.53. The number of aromatic nitrogens is 1. The average Bonchev–Trinajstić information content (AvgIpc) is 2.69. The second-order valence-electron chi connectivity index (χ2n) is 3.42. The molecule has 2 rings (SSSR count). The van der Waals surface area contributed by atoms with Gasteiger partial charge in [0.05, 0.1) is 0 Å². The third-order valence-corrected chi connectivity index (χ3v) is 2.59. The maximum atomic E-state index is 7.00. The Hall–Kier alpha value is -0.930. The van der Waals surface area contributed by atoms with E-state index in [2.05, 4.69) is 23.0 Å². The van der Waals surface area contributed by atoms with Gasteiger partial charge >= 0.3 is 0 Å². The summed E-state index contributed by atoms with van der Waals surface area (Å²) in [6.45, 7) is 1.22. The van der Waals surface area contributed by atoms with Crippen LogP contribution in [-0.4, -0.2) is 35.7 Å². The summed E-state index contributed by atoms with van der Waals surface area (Å²) in [6, 6.07) is 4.79. The second-order valence-corrected chi connectivity index (χ2v) is 3.42. The van der Waals surface area contributed by atoms with Crippen LogP contribution in [0.4, 0.5) is 0 Å². The van der Waals surface area contributed by atoms with Crippen LogP contribution in [0.2, 0.25) is 0 Å². The highest BCUT2D eigenvalue weighted by molar-refractivity contribution is 5.14. The molecule has 3 heteroatoms. The molecular formula is C11H18N2O. The molecule has 2 heterocycles. The summed E-state index contributed by atoms with van der Waals surface area (Å²) in [7, 11) is 3.19. The van der Waals surface area contributed by atoms with Crippen molar-refractivity contribution in [2.24, 2.45) is 0 Å². The maximum Gasteiger partial charge on any atom is 0.0360 e. The molecule has 0 spiro atoms. The highest BCUT2D eigenvalue weighted by Gasteiger charge is 2.21. The van der Waals surface area contributed by atoms with Gasteiger partial charge in [-0.3, -0.25) is 9.88 Å². The standard InChI is InChI=1S/C10H14N2.CH4O/c1-12-7-3-5-10(12)9-4-2-6-11-8-9;1-2/h2,4,6,8,10H,3,5,7H2,1H3;2H,1H3. The second kappa shape index (κ2) is 5.73. The van der Waals surface area contributed by atoms with Crippen molar-refractivity contribution in [2.45, 2.75) is 18.9 Å². The molecule has 1 aliphatic heterocycles. The topological polar surface area (TPSA) is 36.4 Å². The third-order valence-electron chi connectivity index (χ3n) is 2.59. The van der Waals surface area contributed by atoms with E-state index < -0.39 is 0 Å². The SMILES string of the molecule is CN1CCCC1c1cccnc1.CO. The molecule has 78 valence electrons. The highest BCUT2D eigenvalue weighted by Crippen LogP contribution is 2.29. The van der Waals surface area contributed by atoms with Crippen LogP contribution >= 0.6 is 0 Å². The predicted octanol–water partition coefficient (Wildman–Crippen LogP) is 1.46. The number of aliphatic hydroxyl groups is 1. The first-order chi connectivity index (χ1) is 6.88. The molecule has 1 aromatic rings. The van der Waals surface area contributed by atoms with E-state index in [4.69, 9.17) is 5.11 Å². The average molecular weight is 194 g/mol. The van der Waals surface area contributed by atoms with Crippen LogP contribution in [0.25, 0.3) is 0 Å². The summed E-state index contributed by atoms with van der Waals surface area (Å²) in [5.74, 6) is 0. The largest absolute Gasteiger partial charge is 0.400 e. The van der Waals surface area contributed by atoms with Gasteiger partial charge in [0.1, 0.15) is 0 Å². The molecule has 0 aliphatic carbocycles. The Morgan fingerprint density at radius 2 is 2.29 bits per heavy atom. The lowest BCUT2D eigenvalue weighted by Gasteiger charge is -2.18. The lowest BCUT2D eigenvalue weighted by Crippen LogP contribution is -2.17. The van der Waals surface area contributed by atoms with Crippen LogP contribution < -0.4 is 0 Å². The minimum absolute atomic E-state index is 0.610. The van der Waals surface area contributed by atoms with Gasteiger partial charge in [0, 0.05) is 25.5 Å². The lowest BCUT2D eigenvalue weighted by atomic mass is 10.1. The molecule has 1 atom stereocenters. The molecule has 0 radical (unpaired) electrons. The first-order valence-electron chi connectivity index (χ1n) is 4.93. The summed E-state index contributed by atoms with van der Waals surface area (Å²) < 4.78 is 0. The number of rotatable bonds is 1. The number of hydrogen-bond acceptors (Lipinski definition) is 3. The van der Waals surface area contributed by atoms with Crippen LogP contribution in [0, 0.1) is 0 Å². The van der Waals surface area contributed by atoms with Crippen LogP contribution in [-0.2, 0) is 0 Å². The number of nitrogens with zero attached hydrogens (tertiary/aromatic N) is 2. The van der Waals surface area contributed by atoms with Crippen molar-refractivity contribution in [3.8, 4) is 0 Å². The molecule has 1 aromatic heterocycles. The van der Waals surface area contributed by atoms with Crippen molar-refractivity contribution in [3.63, 3.8) is 0 Å². The molecule has 0 bridgehead atoms. The van der Waals surface area contributed by atoms with Crippen molar-refractivity contribution in [1.82, 2.24) is 9.88 Å². The van der Waals surface area contributed by atoms with E-state index in [0.717, 1.165) is 7.11 Å². The van der Waals surface area contributed by atoms with E-state index >= 15 is 0 Å². The lowest BCUT2D eigenvalue weighted by molar-refractivity contribution is 0.317. The van der Waals surface area contributed by atoms with Crippen molar-refractivity contribution in [2.75, 3.05) is 20.7 Å². The maximum absolute atomic E-state index is 7.00. The summed E-state index contributed by atoms with van der Waals surface area (Å²) in [5, 5.41) is 7.00. The minimum Gasteiger partial charge on any atom is -0.400 e. The Bertz CT molecular complexity index is 251. The number of aliphatic hydroxyl groups excluding tert-OH is 1. The Morgan fingerprint density at radius 1 is 1.50 bits per heavy atom. The van der Waals surface area contributed by atoms with Gasteiger partial charge in [-0.25, -0.2) is 0 Å². The molecule has 3 nitrogen and oxygen atoms in total. The van der Waals surface area contributed by atoms with Crippen molar-refractivity contribution in [1.29, 1.82) is 0 Å². The van der Waals surface area contributed by atoms with E-state index in [0.29, 0.717) is 6.04 Å². The van der Waals surface area contributed by atoms with Crippen LogP contribution in [0.15, 0.2) is 24.5 Å². The van der Waals surface area contributed by atoms with Crippen molar-refractivity contribution >= 4 is 0 Å². The van der Waals surface area contributed by atoms with Gasteiger partial charge in [-0.15, -0.1) is 0 Å². The molecule has 1 aliphatic rings. The molecule has 0 saturated carbocycles. The fourth-order valence-electron chi connectivity index (χ4n) is 1.90. The number of hydrogen-bond donors (Lipinski definition) is 1. The number of likely N-dealkylation sites (tertiary alicyclic amines) is 1. The first-order valence-corrected chi connectivity index (χ1v) is 4.93. The van der Waals surface area contributed by atoms with Crippen molar-refractivity contribution in [3.05, 3.63) is 30.1 Å². The normalized spacial score (nSPS) is 21.5. The Kier molecular flexibility index (Phi) is 4.56. The highest BCUT2D eigenvalue weighted by atomic mass is 16.2. The number of pyridine rings is 1. The van der Waals surface area contributed by atoms with Gasteiger partial charge in [0.2, 0.25) is 0 Å². The Morgan fingerprint density at radius 3 is 2.79 bits per heavy atom. The monoisotopic (exact) mass is 194 g/mol. The van der Waals surface area contributed by atoms with Gasteiger partial charge in [-0.05, 0) is 38.1 Å². The molecule has 1 N–H and O–H groups in total. The van der Waals surface area contributed by atoms with Gasteiger partial charge in [-0.1, -0.05) is 6.07 Å². The summed E-state index contributed by atoms with van der Waals surface area (Å²) in [5.41, 5.74) is 1.36. The van der Waals surface area contributed by atoms with Crippen LogP contribution in [0.3, 0.4) is 0 Å². The fraction of sp³-hybridized carbons (Fsp3) is 0.545. The first kappa shape index (κ1) is 11.1. The van der Waals surface area contributed by atoms with E-state index in [1.165, 1.54) is 24.9 Å². The molecule has 1 saturated heterocycles. The molecule has 14 heavy (non-hydrogen) atoms. The Balaban J connectivity index is 0.000000461. The molecule has 1 unspecified atom stereocenters. The molecule has 0 aromatic carbocycles. The predicted molar refractivity (Wildman–Crippen MR) is 57.0 cm³/mol. The van der Waals surface area contributed by atoms with E-state index in [1.54, 1.807) is 0 Å². The zero-order valence-corrected chi connectivity index (χ0v) is 8.85. The Labute approximate surface area is 85.4 Å². The van der Waals surface area contributed by atoms with E-state index in [-0.39, 0.29) is 0 Å². The van der Waals surface area contributed by atoms with Crippen LogP contribution in [0.5, 0.6) is 0 Å². The molecule has 1 fully saturated rings. The van der Waals surface area contributed by atoms with E-state index in [1.807, 2.05) is 18.5 Å². The fourth-order valence-corrected chi connectivity index (χ4v) is 1.90. The van der Waals surface area contributed by atoms with Crippen LogP contribution in [0.1, 0.15) is 24.4 Å². The zero-order valence-electron chi connectivity index (χ0n) is 8.85. The minimum atomic E-state index is 0.610. The zero-order chi connectivity index (χ0) is 10.4. The van der Waals surface area contributed by atoms with Gasteiger partial charge in [0.25, 0.3) is 0 Å². The van der Waals surface area contributed by atoms with Crippen molar-refractivity contribution < 1.29 is 5.11 Å². The smallest absolute Gasteiger partial charge is 0.0360 e. The summed E-state index contributed by atoms with van der Waals surface area (Å²) >= 11 is 0. The van der Waals surface area contributed by atoms with Gasteiger partial charge in [0.15, 0.2) is 0 Å². The summed E-state index contributed by atoms with van der Waals surface area (Å²) in [4.78, 5) is 6.54. The quantitative estimate of drug-likeness (QED) is 0.735. The van der Waals surface area contributed by atoms with Gasteiger partial charge in [-0.2, -0.15) is 0 Å².